The number of nitro benzene ring substituents is 2. The molecule has 0 saturated heterocycles. The van der Waals surface area contributed by atoms with Gasteiger partial charge in [0.15, 0.2) is 0 Å². The van der Waals surface area contributed by atoms with Crippen molar-refractivity contribution in [2.45, 2.75) is 20.8 Å². The fourth-order valence-electron chi connectivity index (χ4n) is 2.33. The molecule has 0 amide bonds. The summed E-state index contributed by atoms with van der Waals surface area (Å²) >= 11 is 0. The summed E-state index contributed by atoms with van der Waals surface area (Å²) < 4.78 is 6.16. The molecule has 0 aliphatic carbocycles. The van der Waals surface area contributed by atoms with Crippen LogP contribution in [0.15, 0.2) is 18.2 Å². The lowest BCUT2D eigenvalue weighted by molar-refractivity contribution is -0.394. The number of non-ortho nitro benzene ring substituents is 1. The van der Waals surface area contributed by atoms with Crippen molar-refractivity contribution in [2.24, 2.45) is 0 Å². The van der Waals surface area contributed by atoms with Crippen molar-refractivity contribution in [3.8, 4) is 5.69 Å². The zero-order valence-corrected chi connectivity index (χ0v) is 13.2. The Hall–Kier alpha value is -3.30. The van der Waals surface area contributed by atoms with Gasteiger partial charge in [0.1, 0.15) is 11.3 Å². The number of carbonyl (C=O) groups excluding carboxylic acids is 1. The standard InChI is InChI=1S/C14H14N4O6/c1-4-24-14(19)13-8(2)15-16(9(13)3)11-6-5-10(17(20)21)7-12(11)18(22)23/h5-7H,4H2,1-3H3. The van der Waals surface area contributed by atoms with Gasteiger partial charge in [0.05, 0.1) is 33.9 Å². The van der Waals surface area contributed by atoms with Gasteiger partial charge in [-0.3, -0.25) is 20.2 Å². The van der Waals surface area contributed by atoms with Gasteiger partial charge in [-0.2, -0.15) is 5.10 Å². The van der Waals surface area contributed by atoms with E-state index in [1.807, 2.05) is 0 Å². The highest BCUT2D eigenvalue weighted by Crippen LogP contribution is 2.29. The van der Waals surface area contributed by atoms with Crippen LogP contribution in [-0.4, -0.2) is 32.2 Å². The molecule has 24 heavy (non-hydrogen) atoms. The first-order valence-corrected chi connectivity index (χ1v) is 6.94. The van der Waals surface area contributed by atoms with Crippen molar-refractivity contribution in [3.05, 3.63) is 55.4 Å². The largest absolute Gasteiger partial charge is 0.462 e. The molecule has 2 rings (SSSR count). The van der Waals surface area contributed by atoms with Crippen LogP contribution in [0.5, 0.6) is 0 Å². The molecular formula is C14H14N4O6. The number of aryl methyl sites for hydroxylation is 1. The minimum absolute atomic E-state index is 0.0294. The van der Waals surface area contributed by atoms with E-state index < -0.39 is 27.2 Å². The third kappa shape index (κ3) is 2.93. The van der Waals surface area contributed by atoms with Gasteiger partial charge < -0.3 is 4.74 Å². The zero-order chi connectivity index (χ0) is 18.0. The van der Waals surface area contributed by atoms with E-state index in [9.17, 15) is 25.0 Å². The molecular weight excluding hydrogens is 320 g/mol. The average molecular weight is 334 g/mol. The monoisotopic (exact) mass is 334 g/mol. The Kier molecular flexibility index (Phi) is 4.58. The Bertz CT molecular complexity index is 842. The fraction of sp³-hybridized carbons (Fsp3) is 0.286. The first-order valence-electron chi connectivity index (χ1n) is 6.94. The van der Waals surface area contributed by atoms with Crippen molar-refractivity contribution >= 4 is 17.3 Å². The minimum atomic E-state index is -0.733. The van der Waals surface area contributed by atoms with Crippen LogP contribution in [0.3, 0.4) is 0 Å². The van der Waals surface area contributed by atoms with E-state index in [4.69, 9.17) is 4.74 Å². The van der Waals surface area contributed by atoms with Crippen LogP contribution in [0.2, 0.25) is 0 Å². The lowest BCUT2D eigenvalue weighted by Crippen LogP contribution is -2.08. The van der Waals surface area contributed by atoms with Crippen molar-refractivity contribution < 1.29 is 19.4 Å². The van der Waals surface area contributed by atoms with Crippen molar-refractivity contribution in [1.29, 1.82) is 0 Å². The highest BCUT2D eigenvalue weighted by molar-refractivity contribution is 5.92. The fourth-order valence-corrected chi connectivity index (χ4v) is 2.33. The van der Waals surface area contributed by atoms with E-state index >= 15 is 0 Å². The Morgan fingerprint density at radius 1 is 1.25 bits per heavy atom. The average Bonchev–Trinajstić information content (AvgIpc) is 2.81. The van der Waals surface area contributed by atoms with E-state index in [0.717, 1.165) is 12.1 Å². The summed E-state index contributed by atoms with van der Waals surface area (Å²) in [4.78, 5) is 32.6. The summed E-state index contributed by atoms with van der Waals surface area (Å²) in [6, 6.07) is 3.23. The Balaban J connectivity index is 2.65. The van der Waals surface area contributed by atoms with Gasteiger partial charge in [-0.25, -0.2) is 9.48 Å². The van der Waals surface area contributed by atoms with Crippen LogP contribution >= 0.6 is 0 Å². The molecule has 0 atom stereocenters. The van der Waals surface area contributed by atoms with Gasteiger partial charge in [-0.15, -0.1) is 0 Å². The van der Waals surface area contributed by atoms with E-state index in [0.29, 0.717) is 11.4 Å². The molecule has 10 nitrogen and oxygen atoms in total. The van der Waals surface area contributed by atoms with Gasteiger partial charge >= 0.3 is 11.7 Å². The number of rotatable bonds is 5. The van der Waals surface area contributed by atoms with Crippen LogP contribution in [-0.2, 0) is 4.74 Å². The third-order valence-corrected chi connectivity index (χ3v) is 3.37. The Morgan fingerprint density at radius 2 is 1.92 bits per heavy atom. The lowest BCUT2D eigenvalue weighted by atomic mass is 10.2. The van der Waals surface area contributed by atoms with Gasteiger partial charge in [-0.1, -0.05) is 0 Å². The van der Waals surface area contributed by atoms with Crippen LogP contribution in [0.4, 0.5) is 11.4 Å². The Morgan fingerprint density at radius 3 is 2.46 bits per heavy atom. The van der Waals surface area contributed by atoms with Crippen molar-refractivity contribution in [1.82, 2.24) is 9.78 Å². The second kappa shape index (κ2) is 6.44. The SMILES string of the molecule is CCOC(=O)c1c(C)nn(-c2ccc([N+](=O)[O-])cc2[N+](=O)[O-])c1C. The predicted octanol–water partition coefficient (Wildman–Crippen LogP) is 2.48. The first-order chi connectivity index (χ1) is 11.3. The normalized spacial score (nSPS) is 10.5. The van der Waals surface area contributed by atoms with Crippen molar-refractivity contribution in [3.63, 3.8) is 0 Å². The topological polar surface area (TPSA) is 130 Å². The molecule has 0 bridgehead atoms. The third-order valence-electron chi connectivity index (χ3n) is 3.37. The number of benzene rings is 1. The molecule has 126 valence electrons. The van der Waals surface area contributed by atoms with E-state index in [-0.39, 0.29) is 17.9 Å². The number of esters is 1. The van der Waals surface area contributed by atoms with Crippen LogP contribution < -0.4 is 0 Å². The van der Waals surface area contributed by atoms with Gasteiger partial charge in [0.25, 0.3) is 5.69 Å². The molecule has 0 unspecified atom stereocenters. The molecule has 0 aliphatic heterocycles. The number of carbonyl (C=O) groups is 1. The summed E-state index contributed by atoms with van der Waals surface area (Å²) in [5, 5.41) is 26.2. The summed E-state index contributed by atoms with van der Waals surface area (Å²) in [5.41, 5.74) is 0.0514. The summed E-state index contributed by atoms with van der Waals surface area (Å²) in [6.07, 6.45) is 0. The van der Waals surface area contributed by atoms with Gasteiger partial charge in [0.2, 0.25) is 0 Å². The molecule has 1 heterocycles. The van der Waals surface area contributed by atoms with E-state index in [1.165, 1.54) is 10.7 Å². The summed E-state index contributed by atoms with van der Waals surface area (Å²) in [6.45, 7) is 4.99. The number of hydrogen-bond donors (Lipinski definition) is 0. The molecule has 0 saturated carbocycles. The molecule has 0 spiro atoms. The number of aromatic nitrogens is 2. The minimum Gasteiger partial charge on any atom is -0.462 e. The number of nitro groups is 2. The molecule has 1 aromatic carbocycles. The summed E-state index contributed by atoms with van der Waals surface area (Å²) in [7, 11) is 0. The molecule has 0 fully saturated rings. The second-order valence-electron chi connectivity index (χ2n) is 4.87. The maximum absolute atomic E-state index is 12.0. The Labute approximate surface area is 136 Å². The molecule has 1 aromatic heterocycles. The van der Waals surface area contributed by atoms with Crippen LogP contribution in [0.25, 0.3) is 5.69 Å². The molecule has 0 N–H and O–H groups in total. The predicted molar refractivity (Wildman–Crippen MR) is 82.3 cm³/mol. The van der Waals surface area contributed by atoms with Gasteiger partial charge in [-0.05, 0) is 26.8 Å². The molecule has 10 heteroatoms. The summed E-state index contributed by atoms with van der Waals surface area (Å²) in [5.74, 6) is -0.580. The van der Waals surface area contributed by atoms with E-state index in [2.05, 4.69) is 5.10 Å². The highest BCUT2D eigenvalue weighted by atomic mass is 16.6. The van der Waals surface area contributed by atoms with Crippen molar-refractivity contribution in [2.75, 3.05) is 6.61 Å². The lowest BCUT2D eigenvalue weighted by Gasteiger charge is -2.06. The highest BCUT2D eigenvalue weighted by Gasteiger charge is 2.26. The smallest absolute Gasteiger partial charge is 0.341 e. The zero-order valence-electron chi connectivity index (χ0n) is 13.2. The quantitative estimate of drug-likeness (QED) is 0.466. The second-order valence-corrected chi connectivity index (χ2v) is 4.87. The van der Waals surface area contributed by atoms with Crippen LogP contribution in [0.1, 0.15) is 28.7 Å². The number of hydrogen-bond acceptors (Lipinski definition) is 7. The maximum Gasteiger partial charge on any atom is 0.341 e. The van der Waals surface area contributed by atoms with Crippen LogP contribution in [0, 0.1) is 34.1 Å². The number of nitrogens with zero attached hydrogens (tertiary/aromatic N) is 4. The van der Waals surface area contributed by atoms with Gasteiger partial charge in [0, 0.05) is 6.07 Å². The first kappa shape index (κ1) is 17.1. The molecule has 0 aliphatic rings. The number of ether oxygens (including phenoxy) is 1. The maximum atomic E-state index is 12.0. The molecule has 2 aromatic rings. The van der Waals surface area contributed by atoms with E-state index in [1.54, 1.807) is 20.8 Å². The molecule has 0 radical (unpaired) electrons.